The lowest BCUT2D eigenvalue weighted by Gasteiger charge is -2.58. The van der Waals surface area contributed by atoms with Crippen molar-refractivity contribution in [3.05, 3.63) is 17.8 Å². The average molecular weight is 400 g/mol. The van der Waals surface area contributed by atoms with Crippen molar-refractivity contribution in [1.82, 2.24) is 20.2 Å². The Hall–Kier alpha value is -2.39. The first-order valence-corrected chi connectivity index (χ1v) is 10.4. The van der Waals surface area contributed by atoms with Gasteiger partial charge in [0.2, 0.25) is 11.8 Å². The van der Waals surface area contributed by atoms with E-state index in [0.29, 0.717) is 41.2 Å². The van der Waals surface area contributed by atoms with Crippen LogP contribution in [0.15, 0.2) is 12.1 Å². The third-order valence-electron chi connectivity index (χ3n) is 6.54. The lowest BCUT2D eigenvalue weighted by atomic mass is 9.52. The molecule has 5 N–H and O–H groups in total. The summed E-state index contributed by atoms with van der Waals surface area (Å²) in [4.78, 5) is 9.12. The van der Waals surface area contributed by atoms with E-state index in [1.807, 2.05) is 13.0 Å². The molecule has 9 heteroatoms. The second-order valence-corrected chi connectivity index (χ2v) is 8.91. The number of hydrogen-bond donors (Lipinski definition) is 5. The zero-order valence-electron chi connectivity index (χ0n) is 16.6. The highest BCUT2D eigenvalue weighted by atomic mass is 16.5. The molecule has 4 aliphatic rings. The number of nitrogens with zero attached hydrogens (tertiary/aromatic N) is 3. The molecule has 6 rings (SSSR count). The largest absolute Gasteiger partial charge is 0.475 e. The Morgan fingerprint density at radius 1 is 1.17 bits per heavy atom. The van der Waals surface area contributed by atoms with E-state index in [4.69, 9.17) is 9.84 Å². The molecule has 0 spiro atoms. The molecule has 9 nitrogen and oxygen atoms in total. The van der Waals surface area contributed by atoms with Gasteiger partial charge in [-0.05, 0) is 56.8 Å². The van der Waals surface area contributed by atoms with Gasteiger partial charge in [0, 0.05) is 23.9 Å². The first-order chi connectivity index (χ1) is 14.0. The smallest absolute Gasteiger partial charge is 0.228 e. The number of H-pyrrole nitrogens is 1. The topological polar surface area (TPSA) is 128 Å². The van der Waals surface area contributed by atoms with Crippen LogP contribution in [-0.4, -0.2) is 55.2 Å². The molecular formula is C20H28N6O3. The van der Waals surface area contributed by atoms with E-state index in [2.05, 4.69) is 30.8 Å². The molecule has 4 saturated carbocycles. The van der Waals surface area contributed by atoms with E-state index in [1.165, 1.54) is 0 Å². The number of nitrogens with one attached hydrogen (secondary N) is 3. The van der Waals surface area contributed by atoms with Crippen LogP contribution in [0.4, 0.5) is 17.6 Å². The zero-order chi connectivity index (χ0) is 20.0. The summed E-state index contributed by atoms with van der Waals surface area (Å²) >= 11 is 0. The minimum absolute atomic E-state index is 0.0825. The molecule has 4 aliphatic carbocycles. The fraction of sp³-hybridized carbons (Fsp3) is 0.650. The summed E-state index contributed by atoms with van der Waals surface area (Å²) < 4.78 is 5.55. The van der Waals surface area contributed by atoms with Crippen LogP contribution in [0, 0.1) is 24.7 Å². The Labute approximate surface area is 169 Å². The normalized spacial score (nSPS) is 32.4. The van der Waals surface area contributed by atoms with E-state index in [1.54, 1.807) is 6.07 Å². The van der Waals surface area contributed by atoms with Crippen LogP contribution in [0.2, 0.25) is 0 Å². The monoisotopic (exact) mass is 400 g/mol. The first kappa shape index (κ1) is 18.6. The summed E-state index contributed by atoms with van der Waals surface area (Å²) in [7, 11) is 0. The molecule has 0 saturated heterocycles. The Bertz CT molecular complexity index is 871. The van der Waals surface area contributed by atoms with E-state index >= 15 is 0 Å². The third kappa shape index (κ3) is 3.76. The molecule has 29 heavy (non-hydrogen) atoms. The molecule has 2 aromatic heterocycles. The summed E-state index contributed by atoms with van der Waals surface area (Å²) in [6.07, 6.45) is 5.00. The van der Waals surface area contributed by atoms with Crippen molar-refractivity contribution in [1.29, 1.82) is 0 Å². The van der Waals surface area contributed by atoms with Gasteiger partial charge in [0.1, 0.15) is 12.4 Å². The van der Waals surface area contributed by atoms with Crippen molar-refractivity contribution in [3.63, 3.8) is 0 Å². The summed E-state index contributed by atoms with van der Waals surface area (Å²) in [5.74, 6) is 3.68. The maximum Gasteiger partial charge on any atom is 0.228 e. The predicted molar refractivity (Wildman–Crippen MR) is 107 cm³/mol. The number of aliphatic hydroxyl groups is 2. The van der Waals surface area contributed by atoms with Crippen molar-refractivity contribution < 1.29 is 14.9 Å². The van der Waals surface area contributed by atoms with Crippen LogP contribution in [0.1, 0.15) is 37.8 Å². The molecule has 0 aliphatic heterocycles. The van der Waals surface area contributed by atoms with Crippen LogP contribution in [0.5, 0.6) is 5.88 Å². The van der Waals surface area contributed by atoms with Crippen LogP contribution >= 0.6 is 0 Å². The van der Waals surface area contributed by atoms with Crippen molar-refractivity contribution in [2.24, 2.45) is 17.8 Å². The molecular weight excluding hydrogens is 372 g/mol. The van der Waals surface area contributed by atoms with E-state index in [9.17, 15) is 5.11 Å². The molecule has 0 aromatic carbocycles. The lowest BCUT2D eigenvalue weighted by Crippen LogP contribution is -2.59. The van der Waals surface area contributed by atoms with Gasteiger partial charge in [0.25, 0.3) is 0 Å². The minimum Gasteiger partial charge on any atom is -0.475 e. The number of aliphatic hydroxyl groups excluding tert-OH is 1. The fourth-order valence-corrected chi connectivity index (χ4v) is 5.76. The molecule has 0 amide bonds. The van der Waals surface area contributed by atoms with Gasteiger partial charge in [-0.3, -0.25) is 5.10 Å². The second kappa shape index (κ2) is 7.14. The van der Waals surface area contributed by atoms with Gasteiger partial charge < -0.3 is 25.6 Å². The number of anilines is 3. The van der Waals surface area contributed by atoms with Gasteiger partial charge in [-0.25, -0.2) is 0 Å². The molecule has 156 valence electrons. The quantitative estimate of drug-likeness (QED) is 0.477. The SMILES string of the molecule is Cc1cc(Nc2cc(OCCO)nc(NC3C4CC5CC3CC(O)(C5)C4)n2)n[nH]1. The van der Waals surface area contributed by atoms with Gasteiger partial charge in [0.05, 0.1) is 12.2 Å². The highest BCUT2D eigenvalue weighted by molar-refractivity contribution is 5.55. The molecule has 4 bridgehead atoms. The Morgan fingerprint density at radius 3 is 2.62 bits per heavy atom. The number of aromatic amines is 1. The van der Waals surface area contributed by atoms with Crippen molar-refractivity contribution in [2.75, 3.05) is 23.8 Å². The summed E-state index contributed by atoms with van der Waals surface area (Å²) in [5, 5.41) is 33.7. The van der Waals surface area contributed by atoms with Crippen molar-refractivity contribution in [2.45, 2.75) is 50.7 Å². The zero-order valence-corrected chi connectivity index (χ0v) is 16.6. The molecule has 2 aromatic rings. The van der Waals surface area contributed by atoms with Crippen LogP contribution in [0.3, 0.4) is 0 Å². The van der Waals surface area contributed by atoms with Crippen molar-refractivity contribution >= 4 is 17.6 Å². The number of hydrogen-bond acceptors (Lipinski definition) is 8. The predicted octanol–water partition coefficient (Wildman–Crippen LogP) is 1.97. The number of aromatic nitrogens is 4. The Kier molecular flexibility index (Phi) is 4.59. The van der Waals surface area contributed by atoms with E-state index < -0.39 is 5.60 Å². The Balaban J connectivity index is 1.38. The minimum atomic E-state index is -0.466. The van der Waals surface area contributed by atoms with E-state index in [0.717, 1.165) is 37.8 Å². The molecule has 4 fully saturated rings. The fourth-order valence-electron chi connectivity index (χ4n) is 5.76. The highest BCUT2D eigenvalue weighted by Gasteiger charge is 2.54. The number of aryl methyl sites for hydroxylation is 1. The summed E-state index contributed by atoms with van der Waals surface area (Å²) in [6.45, 7) is 2.02. The van der Waals surface area contributed by atoms with Gasteiger partial charge in [-0.15, -0.1) is 0 Å². The lowest BCUT2D eigenvalue weighted by molar-refractivity contribution is -0.129. The highest BCUT2D eigenvalue weighted by Crippen LogP contribution is 2.56. The van der Waals surface area contributed by atoms with Crippen LogP contribution in [-0.2, 0) is 0 Å². The average Bonchev–Trinajstić information content (AvgIpc) is 3.06. The Morgan fingerprint density at radius 2 is 1.97 bits per heavy atom. The molecule has 2 heterocycles. The molecule has 2 atom stereocenters. The van der Waals surface area contributed by atoms with E-state index in [-0.39, 0.29) is 19.3 Å². The van der Waals surface area contributed by atoms with Gasteiger partial charge in [0.15, 0.2) is 5.82 Å². The maximum absolute atomic E-state index is 10.8. The number of ether oxygens (including phenoxy) is 1. The standard InChI is InChI=1S/C20H28N6O3/c1-11-4-16(26-25-11)21-15-7-17(29-3-2-27)23-19(22-15)24-18-13-5-12-6-14(18)10-20(28,8-12)9-13/h4,7,12-14,18,27-28H,2-3,5-6,8-10H2,1H3,(H3,21,22,23,24,25,26). The third-order valence-corrected chi connectivity index (χ3v) is 6.54. The first-order valence-electron chi connectivity index (χ1n) is 10.4. The second-order valence-electron chi connectivity index (χ2n) is 8.91. The van der Waals surface area contributed by atoms with Crippen LogP contribution < -0.4 is 15.4 Å². The van der Waals surface area contributed by atoms with Gasteiger partial charge in [-0.2, -0.15) is 15.1 Å². The molecule has 0 radical (unpaired) electrons. The maximum atomic E-state index is 10.8. The van der Waals surface area contributed by atoms with Gasteiger partial charge >= 0.3 is 0 Å². The van der Waals surface area contributed by atoms with Crippen LogP contribution in [0.25, 0.3) is 0 Å². The van der Waals surface area contributed by atoms with Crippen molar-refractivity contribution in [3.8, 4) is 5.88 Å². The van der Waals surface area contributed by atoms with Gasteiger partial charge in [-0.1, -0.05) is 0 Å². The number of rotatable bonds is 7. The molecule has 2 unspecified atom stereocenters. The summed E-state index contributed by atoms with van der Waals surface area (Å²) in [6, 6.07) is 3.85. The summed E-state index contributed by atoms with van der Waals surface area (Å²) in [5.41, 5.74) is 0.481.